The van der Waals surface area contributed by atoms with E-state index < -0.39 is 22.7 Å². The number of non-ortho nitro benzene ring substituents is 1. The van der Waals surface area contributed by atoms with Gasteiger partial charge in [-0.05, 0) is 38.2 Å². The van der Waals surface area contributed by atoms with Crippen LogP contribution in [0.15, 0.2) is 40.5 Å². The highest BCUT2D eigenvalue weighted by Gasteiger charge is 2.46. The van der Waals surface area contributed by atoms with E-state index in [-0.39, 0.29) is 23.0 Å². The number of rotatable bonds is 4. The summed E-state index contributed by atoms with van der Waals surface area (Å²) in [5, 5.41) is 11.0. The lowest BCUT2D eigenvalue weighted by Gasteiger charge is -2.39. The standard InChI is InChI=1S/C22H26N2O5/c1-12(2)29-21(26)18-13(3)23-16-10-22(4,5)11-17(25)20(16)19(18)14-6-8-15(9-7-14)24(27)28/h6-9,12,18-19H,10-11H2,1-5H3/t18?,19-/m1/s1. The van der Waals surface area contributed by atoms with Crippen LogP contribution in [0.4, 0.5) is 5.69 Å². The number of nitrogens with zero attached hydrogens (tertiary/aromatic N) is 2. The number of Topliss-reactive ketones (excluding diaryl/α,β-unsaturated/α-hetero) is 1. The number of nitro benzene ring substituents is 1. The first-order chi connectivity index (χ1) is 13.5. The van der Waals surface area contributed by atoms with Crippen LogP contribution < -0.4 is 0 Å². The fraction of sp³-hybridized carbons (Fsp3) is 0.500. The molecule has 1 unspecified atom stereocenters. The highest BCUT2D eigenvalue weighted by molar-refractivity contribution is 6.09. The monoisotopic (exact) mass is 398 g/mol. The van der Waals surface area contributed by atoms with Crippen LogP contribution in [0.25, 0.3) is 0 Å². The molecule has 154 valence electrons. The Morgan fingerprint density at radius 3 is 2.41 bits per heavy atom. The number of nitro groups is 1. The first-order valence-electron chi connectivity index (χ1n) is 9.76. The maximum atomic E-state index is 13.1. The average Bonchev–Trinajstić information content (AvgIpc) is 2.58. The van der Waals surface area contributed by atoms with Gasteiger partial charge in [0.2, 0.25) is 0 Å². The Morgan fingerprint density at radius 2 is 1.86 bits per heavy atom. The summed E-state index contributed by atoms with van der Waals surface area (Å²) in [5.41, 5.74) is 2.28. The number of ketones is 1. The van der Waals surface area contributed by atoms with Crippen molar-refractivity contribution >= 4 is 23.2 Å². The summed E-state index contributed by atoms with van der Waals surface area (Å²) in [6.07, 6.45) is 0.709. The van der Waals surface area contributed by atoms with Crippen molar-refractivity contribution in [2.75, 3.05) is 0 Å². The third kappa shape index (κ3) is 4.13. The molecule has 1 aromatic rings. The molecule has 0 amide bonds. The van der Waals surface area contributed by atoms with Crippen LogP contribution in [0.1, 0.15) is 58.9 Å². The summed E-state index contributed by atoms with van der Waals surface area (Å²) in [6, 6.07) is 6.04. The molecule has 1 heterocycles. The van der Waals surface area contributed by atoms with E-state index in [1.165, 1.54) is 12.1 Å². The number of carbonyl (C=O) groups is 2. The smallest absolute Gasteiger partial charge is 0.315 e. The number of esters is 1. The number of allylic oxidation sites excluding steroid dienone is 2. The SMILES string of the molecule is CC1=NC2=C(C(=O)CC(C)(C)C2)[C@H](c2ccc([N+](=O)[O-])cc2)C1C(=O)OC(C)C. The quantitative estimate of drug-likeness (QED) is 0.426. The second kappa shape index (κ2) is 7.54. The van der Waals surface area contributed by atoms with Gasteiger partial charge in [0.15, 0.2) is 5.78 Å². The van der Waals surface area contributed by atoms with Crippen molar-refractivity contribution < 1.29 is 19.2 Å². The Balaban J connectivity index is 2.14. The van der Waals surface area contributed by atoms with Gasteiger partial charge in [0.25, 0.3) is 5.69 Å². The van der Waals surface area contributed by atoms with E-state index in [1.54, 1.807) is 32.9 Å². The van der Waals surface area contributed by atoms with Gasteiger partial charge in [-0.1, -0.05) is 26.0 Å². The molecule has 7 nitrogen and oxygen atoms in total. The minimum atomic E-state index is -0.734. The van der Waals surface area contributed by atoms with E-state index >= 15 is 0 Å². The molecule has 2 atom stereocenters. The maximum absolute atomic E-state index is 13.1. The fourth-order valence-electron chi connectivity index (χ4n) is 4.22. The van der Waals surface area contributed by atoms with Gasteiger partial charge in [-0.2, -0.15) is 0 Å². The van der Waals surface area contributed by atoms with Gasteiger partial charge in [0.1, 0.15) is 5.92 Å². The topological polar surface area (TPSA) is 98.9 Å². The van der Waals surface area contributed by atoms with Gasteiger partial charge in [-0.3, -0.25) is 24.7 Å². The Morgan fingerprint density at radius 1 is 1.24 bits per heavy atom. The maximum Gasteiger partial charge on any atom is 0.315 e. The normalized spacial score (nSPS) is 23.5. The highest BCUT2D eigenvalue weighted by Crippen LogP contribution is 2.48. The minimum absolute atomic E-state index is 0.0294. The fourth-order valence-corrected chi connectivity index (χ4v) is 4.22. The molecule has 0 radical (unpaired) electrons. The summed E-state index contributed by atoms with van der Waals surface area (Å²) in [6.45, 7) is 9.37. The lowest BCUT2D eigenvalue weighted by Crippen LogP contribution is -2.40. The molecule has 0 N–H and O–H groups in total. The van der Waals surface area contributed by atoms with Gasteiger partial charge in [-0.15, -0.1) is 0 Å². The summed E-state index contributed by atoms with van der Waals surface area (Å²) in [4.78, 5) is 41.3. The van der Waals surface area contributed by atoms with Crippen LogP contribution in [0.3, 0.4) is 0 Å². The molecule has 0 fully saturated rings. The number of hydrogen-bond acceptors (Lipinski definition) is 6. The molecule has 3 rings (SSSR count). The van der Waals surface area contributed by atoms with Crippen LogP contribution in [0.2, 0.25) is 0 Å². The molecular weight excluding hydrogens is 372 g/mol. The van der Waals surface area contributed by atoms with Gasteiger partial charge < -0.3 is 4.74 Å². The zero-order valence-electron chi connectivity index (χ0n) is 17.4. The molecule has 0 saturated carbocycles. The van der Waals surface area contributed by atoms with Crippen LogP contribution >= 0.6 is 0 Å². The zero-order valence-corrected chi connectivity index (χ0v) is 17.4. The zero-order chi connectivity index (χ0) is 21.5. The molecule has 29 heavy (non-hydrogen) atoms. The first-order valence-corrected chi connectivity index (χ1v) is 9.76. The molecule has 0 bridgehead atoms. The Bertz CT molecular complexity index is 925. The van der Waals surface area contributed by atoms with E-state index in [2.05, 4.69) is 4.99 Å². The Kier molecular flexibility index (Phi) is 5.43. The third-order valence-corrected chi connectivity index (χ3v) is 5.37. The van der Waals surface area contributed by atoms with Crippen molar-refractivity contribution in [1.29, 1.82) is 0 Å². The predicted molar refractivity (Wildman–Crippen MR) is 109 cm³/mol. The van der Waals surface area contributed by atoms with Crippen LogP contribution in [-0.2, 0) is 14.3 Å². The number of aliphatic imine (C=N–C) groups is 1. The second-order valence-corrected chi connectivity index (χ2v) is 8.84. The molecule has 0 spiro atoms. The van der Waals surface area contributed by atoms with Crippen LogP contribution in [0, 0.1) is 21.4 Å². The summed E-state index contributed by atoms with van der Waals surface area (Å²) in [5.74, 6) is -1.76. The Hall–Kier alpha value is -2.83. The molecule has 1 aromatic carbocycles. The molecule has 1 aliphatic carbocycles. The minimum Gasteiger partial charge on any atom is -0.462 e. The highest BCUT2D eigenvalue weighted by atomic mass is 16.6. The van der Waals surface area contributed by atoms with E-state index in [9.17, 15) is 19.7 Å². The molecule has 1 aliphatic heterocycles. The number of hydrogen-bond donors (Lipinski definition) is 0. The van der Waals surface area contributed by atoms with E-state index in [4.69, 9.17) is 4.74 Å². The second-order valence-electron chi connectivity index (χ2n) is 8.84. The predicted octanol–water partition coefficient (Wildman–Crippen LogP) is 4.36. The Labute approximate surface area is 170 Å². The largest absolute Gasteiger partial charge is 0.462 e. The average molecular weight is 398 g/mol. The molecule has 7 heteroatoms. The van der Waals surface area contributed by atoms with Crippen molar-refractivity contribution in [3.05, 3.63) is 51.2 Å². The van der Waals surface area contributed by atoms with E-state index in [0.717, 1.165) is 0 Å². The van der Waals surface area contributed by atoms with E-state index in [0.29, 0.717) is 35.4 Å². The van der Waals surface area contributed by atoms with Crippen molar-refractivity contribution in [2.45, 2.75) is 59.5 Å². The third-order valence-electron chi connectivity index (χ3n) is 5.37. The lowest BCUT2D eigenvalue weighted by molar-refractivity contribution is -0.384. The molecule has 0 aromatic heterocycles. The summed E-state index contributed by atoms with van der Waals surface area (Å²) in [7, 11) is 0. The molecule has 0 saturated heterocycles. The number of ether oxygens (including phenoxy) is 1. The van der Waals surface area contributed by atoms with Gasteiger partial charge in [0.05, 0.1) is 11.0 Å². The first kappa shape index (κ1) is 20.9. The number of carbonyl (C=O) groups excluding carboxylic acids is 2. The van der Waals surface area contributed by atoms with Crippen molar-refractivity contribution in [3.8, 4) is 0 Å². The van der Waals surface area contributed by atoms with Gasteiger partial charge in [-0.25, -0.2) is 0 Å². The van der Waals surface area contributed by atoms with Gasteiger partial charge >= 0.3 is 5.97 Å². The van der Waals surface area contributed by atoms with Gasteiger partial charge in [0, 0.05) is 41.5 Å². The van der Waals surface area contributed by atoms with Crippen LogP contribution in [-0.4, -0.2) is 28.5 Å². The van der Waals surface area contributed by atoms with Crippen molar-refractivity contribution in [3.63, 3.8) is 0 Å². The molecular formula is C22H26N2O5. The van der Waals surface area contributed by atoms with E-state index in [1.807, 2.05) is 13.8 Å². The van der Waals surface area contributed by atoms with Crippen molar-refractivity contribution in [1.82, 2.24) is 0 Å². The summed E-state index contributed by atoms with van der Waals surface area (Å²) >= 11 is 0. The molecule has 2 aliphatic rings. The van der Waals surface area contributed by atoms with Crippen molar-refractivity contribution in [2.24, 2.45) is 16.3 Å². The van der Waals surface area contributed by atoms with Crippen LogP contribution in [0.5, 0.6) is 0 Å². The lowest BCUT2D eigenvalue weighted by atomic mass is 9.67. The number of benzene rings is 1. The summed E-state index contributed by atoms with van der Waals surface area (Å²) < 4.78 is 5.47.